The standard InChI is InChI=1S/C13H18FN5/c1-3-8-15-12(9-13-16-18-19(2)17-13)10-6-4-5-7-11(10)14/h4-7,12,15H,3,8-9H2,1-2H3. The summed E-state index contributed by atoms with van der Waals surface area (Å²) in [5, 5.41) is 15.2. The highest BCUT2D eigenvalue weighted by atomic mass is 19.1. The Balaban J connectivity index is 2.18. The summed E-state index contributed by atoms with van der Waals surface area (Å²) in [5.41, 5.74) is 0.642. The Morgan fingerprint density at radius 3 is 2.79 bits per heavy atom. The SMILES string of the molecule is CCCNC(Cc1nnn(C)n1)c1ccccc1F. The summed E-state index contributed by atoms with van der Waals surface area (Å²) in [5.74, 6) is 0.402. The first-order valence-electron chi connectivity index (χ1n) is 6.41. The lowest BCUT2D eigenvalue weighted by Gasteiger charge is -2.17. The smallest absolute Gasteiger partial charge is 0.176 e. The summed E-state index contributed by atoms with van der Waals surface area (Å²) in [6.45, 7) is 2.89. The highest BCUT2D eigenvalue weighted by molar-refractivity contribution is 5.22. The van der Waals surface area contributed by atoms with Crippen molar-refractivity contribution in [3.63, 3.8) is 0 Å². The number of tetrazole rings is 1. The maximum absolute atomic E-state index is 13.9. The quantitative estimate of drug-likeness (QED) is 0.860. The van der Waals surface area contributed by atoms with Crippen LogP contribution >= 0.6 is 0 Å². The van der Waals surface area contributed by atoms with E-state index in [0.717, 1.165) is 13.0 Å². The minimum atomic E-state index is -0.208. The van der Waals surface area contributed by atoms with Crippen molar-refractivity contribution in [3.05, 3.63) is 41.5 Å². The van der Waals surface area contributed by atoms with Crippen LogP contribution in [0.25, 0.3) is 0 Å². The van der Waals surface area contributed by atoms with Crippen LogP contribution in [0, 0.1) is 5.82 Å². The van der Waals surface area contributed by atoms with Gasteiger partial charge in [-0.2, -0.15) is 4.80 Å². The number of aromatic nitrogens is 4. The second-order valence-electron chi connectivity index (χ2n) is 4.43. The Morgan fingerprint density at radius 1 is 1.37 bits per heavy atom. The number of rotatable bonds is 6. The maximum Gasteiger partial charge on any atom is 0.176 e. The number of halogens is 1. The van der Waals surface area contributed by atoms with E-state index in [1.165, 1.54) is 10.9 Å². The predicted molar refractivity (Wildman–Crippen MR) is 69.9 cm³/mol. The lowest BCUT2D eigenvalue weighted by Crippen LogP contribution is -2.25. The molecule has 0 saturated carbocycles. The van der Waals surface area contributed by atoms with Crippen LogP contribution in [0.15, 0.2) is 24.3 Å². The first kappa shape index (κ1) is 13.6. The Hall–Kier alpha value is -1.82. The summed E-state index contributed by atoms with van der Waals surface area (Å²) in [4.78, 5) is 1.41. The largest absolute Gasteiger partial charge is 0.309 e. The van der Waals surface area contributed by atoms with Crippen LogP contribution in [0.5, 0.6) is 0 Å². The summed E-state index contributed by atoms with van der Waals surface area (Å²) in [7, 11) is 1.72. The van der Waals surface area contributed by atoms with Gasteiger partial charge in [-0.3, -0.25) is 0 Å². The molecule has 1 N–H and O–H groups in total. The third-order valence-electron chi connectivity index (χ3n) is 2.86. The Bertz CT molecular complexity index is 525. The zero-order valence-corrected chi connectivity index (χ0v) is 11.2. The van der Waals surface area contributed by atoms with Gasteiger partial charge in [0.15, 0.2) is 5.82 Å². The van der Waals surface area contributed by atoms with Crippen molar-refractivity contribution in [3.8, 4) is 0 Å². The molecule has 0 saturated heterocycles. The van der Waals surface area contributed by atoms with Crippen molar-refractivity contribution < 1.29 is 4.39 Å². The molecule has 0 fully saturated rings. The van der Waals surface area contributed by atoms with E-state index in [-0.39, 0.29) is 11.9 Å². The molecule has 1 aromatic carbocycles. The number of benzene rings is 1. The van der Waals surface area contributed by atoms with Gasteiger partial charge in [-0.15, -0.1) is 10.2 Å². The number of nitrogens with zero attached hydrogens (tertiary/aromatic N) is 4. The molecule has 0 radical (unpaired) electrons. The van der Waals surface area contributed by atoms with Gasteiger partial charge in [0.1, 0.15) is 5.82 Å². The third kappa shape index (κ3) is 3.57. The van der Waals surface area contributed by atoms with Crippen molar-refractivity contribution in [2.45, 2.75) is 25.8 Å². The molecule has 1 unspecified atom stereocenters. The first-order chi connectivity index (χ1) is 9.20. The number of aryl methyl sites for hydroxylation is 1. The predicted octanol–water partition coefficient (Wildman–Crippen LogP) is 1.63. The second-order valence-corrected chi connectivity index (χ2v) is 4.43. The summed E-state index contributed by atoms with van der Waals surface area (Å²) in [6.07, 6.45) is 1.51. The highest BCUT2D eigenvalue weighted by Crippen LogP contribution is 2.19. The van der Waals surface area contributed by atoms with E-state index in [4.69, 9.17) is 0 Å². The lowest BCUT2D eigenvalue weighted by atomic mass is 10.0. The molecule has 0 bridgehead atoms. The third-order valence-corrected chi connectivity index (χ3v) is 2.86. The van der Waals surface area contributed by atoms with Crippen molar-refractivity contribution >= 4 is 0 Å². The first-order valence-corrected chi connectivity index (χ1v) is 6.41. The molecule has 19 heavy (non-hydrogen) atoms. The molecule has 0 spiro atoms. The lowest BCUT2D eigenvalue weighted by molar-refractivity contribution is 0.488. The van der Waals surface area contributed by atoms with E-state index in [2.05, 4.69) is 27.7 Å². The zero-order chi connectivity index (χ0) is 13.7. The van der Waals surface area contributed by atoms with Crippen molar-refractivity contribution in [1.29, 1.82) is 0 Å². The van der Waals surface area contributed by atoms with Gasteiger partial charge in [0.25, 0.3) is 0 Å². The number of hydrogen-bond donors (Lipinski definition) is 1. The molecule has 2 aromatic rings. The summed E-state index contributed by atoms with van der Waals surface area (Å²) in [6, 6.07) is 6.66. The Labute approximate surface area is 111 Å². The monoisotopic (exact) mass is 263 g/mol. The van der Waals surface area contributed by atoms with E-state index >= 15 is 0 Å². The van der Waals surface area contributed by atoms with E-state index in [0.29, 0.717) is 17.8 Å². The van der Waals surface area contributed by atoms with Gasteiger partial charge >= 0.3 is 0 Å². The molecule has 1 heterocycles. The van der Waals surface area contributed by atoms with Crippen LogP contribution in [0.4, 0.5) is 4.39 Å². The molecule has 2 rings (SSSR count). The van der Waals surface area contributed by atoms with Crippen LogP contribution in [-0.4, -0.2) is 26.8 Å². The van der Waals surface area contributed by atoms with Crippen LogP contribution in [-0.2, 0) is 13.5 Å². The van der Waals surface area contributed by atoms with E-state index in [1.807, 2.05) is 6.07 Å². The molecule has 5 nitrogen and oxygen atoms in total. The molecule has 0 amide bonds. The van der Waals surface area contributed by atoms with Crippen LogP contribution in [0.3, 0.4) is 0 Å². The molecular weight excluding hydrogens is 245 g/mol. The molecule has 0 aliphatic rings. The Morgan fingerprint density at radius 2 is 2.16 bits per heavy atom. The fraction of sp³-hybridized carbons (Fsp3) is 0.462. The average Bonchev–Trinajstić information content (AvgIpc) is 2.81. The minimum absolute atomic E-state index is 0.134. The topological polar surface area (TPSA) is 55.6 Å². The zero-order valence-electron chi connectivity index (χ0n) is 11.2. The van der Waals surface area contributed by atoms with Gasteiger partial charge in [-0.25, -0.2) is 4.39 Å². The second kappa shape index (κ2) is 6.38. The fourth-order valence-electron chi connectivity index (χ4n) is 1.96. The molecule has 6 heteroatoms. The Kier molecular flexibility index (Phi) is 4.57. The fourth-order valence-corrected chi connectivity index (χ4v) is 1.96. The summed E-state index contributed by atoms with van der Waals surface area (Å²) >= 11 is 0. The molecule has 0 aliphatic heterocycles. The van der Waals surface area contributed by atoms with E-state index in [9.17, 15) is 4.39 Å². The van der Waals surface area contributed by atoms with Gasteiger partial charge in [0.05, 0.1) is 7.05 Å². The van der Waals surface area contributed by atoms with Crippen LogP contribution < -0.4 is 5.32 Å². The van der Waals surface area contributed by atoms with Crippen molar-refractivity contribution in [2.24, 2.45) is 7.05 Å². The average molecular weight is 263 g/mol. The maximum atomic E-state index is 13.9. The molecule has 1 aromatic heterocycles. The van der Waals surface area contributed by atoms with Gasteiger partial charge < -0.3 is 5.32 Å². The van der Waals surface area contributed by atoms with Gasteiger partial charge in [0, 0.05) is 18.0 Å². The van der Waals surface area contributed by atoms with Gasteiger partial charge in [-0.05, 0) is 24.2 Å². The molecule has 0 aliphatic carbocycles. The van der Waals surface area contributed by atoms with Gasteiger partial charge in [-0.1, -0.05) is 25.1 Å². The summed E-state index contributed by atoms with van der Waals surface area (Å²) < 4.78 is 13.9. The van der Waals surface area contributed by atoms with Crippen molar-refractivity contribution in [2.75, 3.05) is 6.54 Å². The van der Waals surface area contributed by atoms with Crippen LogP contribution in [0.1, 0.15) is 30.8 Å². The highest BCUT2D eigenvalue weighted by Gasteiger charge is 2.17. The number of nitrogens with one attached hydrogen (secondary N) is 1. The minimum Gasteiger partial charge on any atom is -0.309 e. The molecule has 102 valence electrons. The van der Waals surface area contributed by atoms with Gasteiger partial charge in [0.2, 0.25) is 0 Å². The molecular formula is C13H18FN5. The van der Waals surface area contributed by atoms with Crippen LogP contribution in [0.2, 0.25) is 0 Å². The molecule has 1 atom stereocenters. The number of hydrogen-bond acceptors (Lipinski definition) is 4. The van der Waals surface area contributed by atoms with Crippen molar-refractivity contribution in [1.82, 2.24) is 25.5 Å². The van der Waals surface area contributed by atoms with E-state index in [1.54, 1.807) is 19.2 Å². The van der Waals surface area contributed by atoms with E-state index < -0.39 is 0 Å². The normalized spacial score (nSPS) is 12.6.